The van der Waals surface area contributed by atoms with Gasteiger partial charge in [0.25, 0.3) is 0 Å². The van der Waals surface area contributed by atoms with Crippen LogP contribution in [0.4, 0.5) is 4.79 Å². The summed E-state index contributed by atoms with van der Waals surface area (Å²) in [6.07, 6.45) is 0.984. The Kier molecular flexibility index (Phi) is 5.76. The molecule has 1 aliphatic heterocycles. The Hall–Kier alpha value is -1.34. The predicted octanol–water partition coefficient (Wildman–Crippen LogP) is 0.279. The van der Waals surface area contributed by atoms with Crippen molar-refractivity contribution in [3.05, 3.63) is 0 Å². The van der Waals surface area contributed by atoms with E-state index in [4.69, 9.17) is 9.84 Å². The lowest BCUT2D eigenvalue weighted by Crippen LogP contribution is -2.52. The van der Waals surface area contributed by atoms with E-state index in [-0.39, 0.29) is 12.6 Å². The summed E-state index contributed by atoms with van der Waals surface area (Å²) >= 11 is 0. The van der Waals surface area contributed by atoms with Gasteiger partial charge in [-0.25, -0.2) is 4.79 Å². The predicted molar refractivity (Wildman–Crippen MR) is 72.4 cm³/mol. The molecule has 1 heterocycles. The van der Waals surface area contributed by atoms with Crippen LogP contribution in [0.2, 0.25) is 0 Å². The molecule has 0 aliphatic carbocycles. The van der Waals surface area contributed by atoms with Crippen LogP contribution >= 0.6 is 0 Å². The molecule has 116 valence electrons. The molecule has 1 rings (SSSR count). The number of urea groups is 1. The first-order chi connectivity index (χ1) is 9.25. The normalized spacial score (nSPS) is 20.8. The lowest BCUT2D eigenvalue weighted by molar-refractivity contribution is -0.141. The van der Waals surface area contributed by atoms with Gasteiger partial charge in [0.05, 0.1) is 18.1 Å². The third kappa shape index (κ3) is 4.64. The summed E-state index contributed by atoms with van der Waals surface area (Å²) in [5.74, 6) is -1.62. The van der Waals surface area contributed by atoms with Crippen molar-refractivity contribution in [1.29, 1.82) is 0 Å². The van der Waals surface area contributed by atoms with Crippen molar-refractivity contribution >= 4 is 12.0 Å². The van der Waals surface area contributed by atoms with Gasteiger partial charge in [-0.15, -0.1) is 0 Å². The van der Waals surface area contributed by atoms with Crippen molar-refractivity contribution in [2.75, 3.05) is 26.8 Å². The number of nitrogens with one attached hydrogen (secondary N) is 1. The van der Waals surface area contributed by atoms with E-state index in [0.717, 1.165) is 0 Å². The Labute approximate surface area is 118 Å². The van der Waals surface area contributed by atoms with E-state index in [1.165, 1.54) is 4.90 Å². The maximum atomic E-state index is 12.0. The van der Waals surface area contributed by atoms with Crippen LogP contribution in [0.25, 0.3) is 0 Å². The van der Waals surface area contributed by atoms with E-state index < -0.39 is 23.5 Å². The second-order valence-electron chi connectivity index (χ2n) is 5.56. The first kappa shape index (κ1) is 16.7. The molecule has 7 heteroatoms. The van der Waals surface area contributed by atoms with Gasteiger partial charge in [-0.2, -0.15) is 0 Å². The van der Waals surface area contributed by atoms with Crippen LogP contribution in [0.15, 0.2) is 0 Å². The van der Waals surface area contributed by atoms with Crippen molar-refractivity contribution in [2.24, 2.45) is 5.92 Å². The maximum Gasteiger partial charge on any atom is 0.317 e. The zero-order chi connectivity index (χ0) is 15.3. The molecule has 0 aromatic heterocycles. The summed E-state index contributed by atoms with van der Waals surface area (Å²) in [4.78, 5) is 24.2. The number of carboxylic acid groups (broad SMARTS) is 1. The van der Waals surface area contributed by atoms with Crippen LogP contribution in [0, 0.1) is 5.92 Å². The largest absolute Gasteiger partial charge is 0.481 e. The Morgan fingerprint density at radius 3 is 2.40 bits per heavy atom. The van der Waals surface area contributed by atoms with Crippen molar-refractivity contribution in [1.82, 2.24) is 10.2 Å². The van der Waals surface area contributed by atoms with Gasteiger partial charge in [-0.3, -0.25) is 4.79 Å². The fourth-order valence-corrected chi connectivity index (χ4v) is 2.07. The SMILES string of the molecule is CC(NC(=O)N(C)CC1(O)CCOCC1)C(C)C(=O)O. The van der Waals surface area contributed by atoms with Gasteiger partial charge in [0, 0.05) is 39.1 Å². The number of aliphatic hydroxyl groups is 1. The molecule has 2 unspecified atom stereocenters. The molecule has 0 bridgehead atoms. The first-order valence-corrected chi connectivity index (χ1v) is 6.80. The van der Waals surface area contributed by atoms with Crippen molar-refractivity contribution in [3.8, 4) is 0 Å². The number of rotatable bonds is 5. The Morgan fingerprint density at radius 2 is 1.90 bits per heavy atom. The molecule has 20 heavy (non-hydrogen) atoms. The van der Waals surface area contributed by atoms with Crippen LogP contribution in [0.3, 0.4) is 0 Å². The summed E-state index contributed by atoms with van der Waals surface area (Å²) in [6.45, 7) is 4.36. The fraction of sp³-hybridized carbons (Fsp3) is 0.846. The highest BCUT2D eigenvalue weighted by Gasteiger charge is 2.33. The van der Waals surface area contributed by atoms with Gasteiger partial charge in [0.15, 0.2) is 0 Å². The van der Waals surface area contributed by atoms with Crippen LogP contribution in [0.1, 0.15) is 26.7 Å². The maximum absolute atomic E-state index is 12.0. The minimum absolute atomic E-state index is 0.205. The number of aliphatic carboxylic acids is 1. The number of carbonyl (C=O) groups is 2. The molecule has 7 nitrogen and oxygen atoms in total. The van der Waals surface area contributed by atoms with Crippen LogP contribution in [-0.2, 0) is 9.53 Å². The zero-order valence-corrected chi connectivity index (χ0v) is 12.3. The summed E-state index contributed by atoms with van der Waals surface area (Å²) in [6, 6.07) is -0.864. The highest BCUT2D eigenvalue weighted by Crippen LogP contribution is 2.21. The summed E-state index contributed by atoms with van der Waals surface area (Å²) in [5, 5.41) is 21.8. The van der Waals surface area contributed by atoms with E-state index in [0.29, 0.717) is 26.1 Å². The molecule has 2 atom stereocenters. The van der Waals surface area contributed by atoms with Crippen molar-refractivity contribution in [3.63, 3.8) is 0 Å². The molecule has 0 aromatic carbocycles. The number of carboxylic acids is 1. The van der Waals surface area contributed by atoms with Gasteiger partial charge in [-0.1, -0.05) is 0 Å². The standard InChI is InChI=1S/C13H24N2O5/c1-9(11(16)17)10(2)14-12(18)15(3)8-13(19)4-6-20-7-5-13/h9-10,19H,4-8H2,1-3H3,(H,14,18)(H,16,17). The lowest BCUT2D eigenvalue weighted by Gasteiger charge is -2.35. The van der Waals surface area contributed by atoms with E-state index in [1.54, 1.807) is 20.9 Å². The fourth-order valence-electron chi connectivity index (χ4n) is 2.07. The number of carbonyl (C=O) groups excluding carboxylic acids is 1. The molecular formula is C13H24N2O5. The second kappa shape index (κ2) is 6.90. The minimum Gasteiger partial charge on any atom is -0.481 e. The number of hydrogen-bond acceptors (Lipinski definition) is 4. The van der Waals surface area contributed by atoms with E-state index in [1.807, 2.05) is 0 Å². The highest BCUT2D eigenvalue weighted by atomic mass is 16.5. The average Bonchev–Trinajstić information content (AvgIpc) is 2.37. The number of ether oxygens (including phenoxy) is 1. The third-order valence-electron chi connectivity index (χ3n) is 3.79. The molecule has 2 amide bonds. The van der Waals surface area contributed by atoms with E-state index in [9.17, 15) is 14.7 Å². The van der Waals surface area contributed by atoms with Gasteiger partial charge in [0.2, 0.25) is 0 Å². The summed E-state index contributed by atoms with van der Waals surface area (Å²) in [7, 11) is 1.58. The molecule has 1 fully saturated rings. The summed E-state index contributed by atoms with van der Waals surface area (Å²) in [5.41, 5.74) is -0.925. The van der Waals surface area contributed by atoms with Crippen molar-refractivity contribution < 1.29 is 24.5 Å². The van der Waals surface area contributed by atoms with Crippen LogP contribution in [0.5, 0.6) is 0 Å². The monoisotopic (exact) mass is 288 g/mol. The Morgan fingerprint density at radius 1 is 1.35 bits per heavy atom. The molecular weight excluding hydrogens is 264 g/mol. The summed E-state index contributed by atoms with van der Waals surface area (Å²) < 4.78 is 5.18. The van der Waals surface area contributed by atoms with Gasteiger partial charge in [0.1, 0.15) is 0 Å². The smallest absolute Gasteiger partial charge is 0.317 e. The highest BCUT2D eigenvalue weighted by molar-refractivity contribution is 5.76. The second-order valence-corrected chi connectivity index (χ2v) is 5.56. The van der Waals surface area contributed by atoms with E-state index in [2.05, 4.69) is 5.32 Å². The van der Waals surface area contributed by atoms with Gasteiger partial charge in [-0.05, 0) is 13.8 Å². The Bertz CT molecular complexity index is 355. The van der Waals surface area contributed by atoms with Crippen molar-refractivity contribution in [2.45, 2.75) is 38.3 Å². The van der Waals surface area contributed by atoms with E-state index >= 15 is 0 Å². The third-order valence-corrected chi connectivity index (χ3v) is 3.79. The molecule has 0 aromatic rings. The first-order valence-electron chi connectivity index (χ1n) is 6.80. The molecule has 1 aliphatic rings. The topological polar surface area (TPSA) is 99.1 Å². The number of amides is 2. The minimum atomic E-state index is -0.955. The number of nitrogens with zero attached hydrogens (tertiary/aromatic N) is 1. The molecule has 1 saturated heterocycles. The quantitative estimate of drug-likeness (QED) is 0.675. The number of likely N-dealkylation sites (N-methyl/N-ethyl adjacent to an activating group) is 1. The molecule has 0 spiro atoms. The molecule has 0 radical (unpaired) electrons. The molecule has 3 N–H and O–H groups in total. The van der Waals surface area contributed by atoms with Gasteiger partial charge < -0.3 is 25.2 Å². The lowest BCUT2D eigenvalue weighted by atomic mass is 9.94. The number of hydrogen-bond donors (Lipinski definition) is 3. The average molecular weight is 288 g/mol. The zero-order valence-electron chi connectivity index (χ0n) is 12.3. The molecule has 0 saturated carbocycles. The van der Waals surface area contributed by atoms with Crippen LogP contribution < -0.4 is 5.32 Å². The van der Waals surface area contributed by atoms with Gasteiger partial charge >= 0.3 is 12.0 Å². The van der Waals surface area contributed by atoms with Crippen LogP contribution in [-0.4, -0.2) is 65.6 Å². The Balaban J connectivity index is 2.48.